The van der Waals surface area contributed by atoms with Gasteiger partial charge in [-0.25, -0.2) is 4.79 Å². The van der Waals surface area contributed by atoms with Crippen molar-refractivity contribution in [2.24, 2.45) is 0 Å². The summed E-state index contributed by atoms with van der Waals surface area (Å²) in [5.41, 5.74) is 1.07. The highest BCUT2D eigenvalue weighted by atomic mass is 79.9. The Morgan fingerprint density at radius 2 is 1.82 bits per heavy atom. The van der Waals surface area contributed by atoms with E-state index in [0.29, 0.717) is 13.2 Å². The molecule has 0 spiro atoms. The van der Waals surface area contributed by atoms with E-state index in [1.807, 2.05) is 61.5 Å². The van der Waals surface area contributed by atoms with Crippen LogP contribution in [0.5, 0.6) is 5.75 Å². The highest BCUT2D eigenvalue weighted by molar-refractivity contribution is 9.10. The van der Waals surface area contributed by atoms with E-state index in [2.05, 4.69) is 26.6 Å². The van der Waals surface area contributed by atoms with Gasteiger partial charge in [-0.15, -0.1) is 0 Å². The van der Waals surface area contributed by atoms with Crippen molar-refractivity contribution >= 4 is 22.0 Å². The summed E-state index contributed by atoms with van der Waals surface area (Å²) in [7, 11) is 0. The van der Waals surface area contributed by atoms with Crippen LogP contribution in [0.2, 0.25) is 0 Å². The maximum Gasteiger partial charge on any atom is 0.315 e. The second kappa shape index (κ2) is 8.44. The highest BCUT2D eigenvalue weighted by Crippen LogP contribution is 2.23. The molecule has 1 unspecified atom stereocenters. The van der Waals surface area contributed by atoms with Gasteiger partial charge in [-0.3, -0.25) is 0 Å². The minimum Gasteiger partial charge on any atom is -0.491 e. The number of para-hydroxylation sites is 1. The zero-order valence-corrected chi connectivity index (χ0v) is 14.0. The lowest BCUT2D eigenvalue weighted by molar-refractivity contribution is 0.233. The number of halogens is 1. The van der Waals surface area contributed by atoms with E-state index in [0.717, 1.165) is 15.8 Å². The summed E-state index contributed by atoms with van der Waals surface area (Å²) in [4.78, 5) is 11.8. The van der Waals surface area contributed by atoms with Crippen molar-refractivity contribution < 1.29 is 9.53 Å². The van der Waals surface area contributed by atoms with Crippen LogP contribution < -0.4 is 15.4 Å². The van der Waals surface area contributed by atoms with Crippen molar-refractivity contribution in [1.29, 1.82) is 0 Å². The minimum atomic E-state index is -0.202. The molecule has 2 aromatic rings. The molecule has 2 amide bonds. The molecule has 116 valence electrons. The number of urea groups is 1. The average molecular weight is 363 g/mol. The van der Waals surface area contributed by atoms with Crippen molar-refractivity contribution in [3.8, 4) is 5.75 Å². The molecule has 0 heterocycles. The Kier molecular flexibility index (Phi) is 6.27. The monoisotopic (exact) mass is 362 g/mol. The van der Waals surface area contributed by atoms with Gasteiger partial charge in [-0.1, -0.05) is 42.5 Å². The Morgan fingerprint density at radius 3 is 2.55 bits per heavy atom. The Balaban J connectivity index is 1.69. The first-order valence-corrected chi connectivity index (χ1v) is 7.93. The summed E-state index contributed by atoms with van der Waals surface area (Å²) >= 11 is 3.41. The normalized spacial score (nSPS) is 11.5. The first-order chi connectivity index (χ1) is 10.7. The number of carbonyl (C=O) groups excluding carboxylic acids is 1. The van der Waals surface area contributed by atoms with Crippen molar-refractivity contribution in [1.82, 2.24) is 10.6 Å². The van der Waals surface area contributed by atoms with Gasteiger partial charge in [-0.05, 0) is 40.5 Å². The third-order valence-electron chi connectivity index (χ3n) is 3.13. The molecule has 0 aliphatic carbocycles. The molecule has 0 bridgehead atoms. The molecule has 0 aliphatic rings. The lowest BCUT2D eigenvalue weighted by Gasteiger charge is -2.15. The summed E-state index contributed by atoms with van der Waals surface area (Å²) in [5.74, 6) is 0.766. The van der Waals surface area contributed by atoms with Gasteiger partial charge in [0.2, 0.25) is 0 Å². The van der Waals surface area contributed by atoms with E-state index in [-0.39, 0.29) is 12.1 Å². The maximum atomic E-state index is 11.8. The Hall–Kier alpha value is -2.01. The molecule has 2 aromatic carbocycles. The number of amides is 2. The molecule has 5 heteroatoms. The lowest BCUT2D eigenvalue weighted by Crippen LogP contribution is -2.38. The highest BCUT2D eigenvalue weighted by Gasteiger charge is 2.08. The van der Waals surface area contributed by atoms with E-state index >= 15 is 0 Å². The third-order valence-corrected chi connectivity index (χ3v) is 3.78. The predicted molar refractivity (Wildman–Crippen MR) is 91.0 cm³/mol. The van der Waals surface area contributed by atoms with Crippen molar-refractivity contribution in [3.05, 3.63) is 64.6 Å². The van der Waals surface area contributed by atoms with Gasteiger partial charge in [0.05, 0.1) is 17.1 Å². The van der Waals surface area contributed by atoms with Crippen LogP contribution in [0.3, 0.4) is 0 Å². The van der Waals surface area contributed by atoms with Gasteiger partial charge >= 0.3 is 6.03 Å². The Labute approximate surface area is 139 Å². The molecule has 0 aromatic heterocycles. The molecule has 22 heavy (non-hydrogen) atoms. The average Bonchev–Trinajstić information content (AvgIpc) is 2.54. The van der Waals surface area contributed by atoms with E-state index in [4.69, 9.17) is 4.74 Å². The van der Waals surface area contributed by atoms with Crippen molar-refractivity contribution in [2.45, 2.75) is 13.0 Å². The first kappa shape index (κ1) is 16.4. The summed E-state index contributed by atoms with van der Waals surface area (Å²) in [6.07, 6.45) is 0. The van der Waals surface area contributed by atoms with Gasteiger partial charge in [0.25, 0.3) is 0 Å². The first-order valence-electron chi connectivity index (χ1n) is 7.13. The number of rotatable bonds is 6. The molecule has 0 radical (unpaired) electrons. The van der Waals surface area contributed by atoms with E-state index in [1.54, 1.807) is 0 Å². The van der Waals surface area contributed by atoms with E-state index < -0.39 is 0 Å². The standard InChI is InChI=1S/C17H19BrN2O2/c1-13(14-7-3-2-4-8-14)20-17(21)19-11-12-22-16-10-6-5-9-15(16)18/h2-10,13H,11-12H2,1H3,(H2,19,20,21). The Bertz CT molecular complexity index is 605. The van der Waals surface area contributed by atoms with Crippen molar-refractivity contribution in [2.75, 3.05) is 13.2 Å². The summed E-state index contributed by atoms with van der Waals surface area (Å²) < 4.78 is 6.49. The zero-order chi connectivity index (χ0) is 15.8. The number of benzene rings is 2. The van der Waals surface area contributed by atoms with Crippen LogP contribution >= 0.6 is 15.9 Å². The molecule has 2 rings (SSSR count). The van der Waals surface area contributed by atoms with Gasteiger partial charge in [0, 0.05) is 0 Å². The van der Waals surface area contributed by atoms with Crippen molar-refractivity contribution in [3.63, 3.8) is 0 Å². The molecule has 2 N–H and O–H groups in total. The molecule has 0 aliphatic heterocycles. The van der Waals surface area contributed by atoms with Crippen LogP contribution in [-0.4, -0.2) is 19.2 Å². The molecule has 0 fully saturated rings. The van der Waals surface area contributed by atoms with Gasteiger partial charge in [0.1, 0.15) is 12.4 Å². The van der Waals surface area contributed by atoms with Crippen LogP contribution in [0.15, 0.2) is 59.1 Å². The maximum absolute atomic E-state index is 11.8. The fourth-order valence-corrected chi connectivity index (χ4v) is 2.36. The van der Waals surface area contributed by atoms with Crippen LogP contribution in [0.1, 0.15) is 18.5 Å². The Morgan fingerprint density at radius 1 is 1.14 bits per heavy atom. The second-order valence-electron chi connectivity index (χ2n) is 4.81. The fraction of sp³-hybridized carbons (Fsp3) is 0.235. The number of hydrogen-bond donors (Lipinski definition) is 2. The number of carbonyl (C=O) groups is 1. The van der Waals surface area contributed by atoms with Crippen LogP contribution in [0, 0.1) is 0 Å². The van der Waals surface area contributed by atoms with Crippen LogP contribution in [-0.2, 0) is 0 Å². The lowest BCUT2D eigenvalue weighted by atomic mass is 10.1. The summed E-state index contributed by atoms with van der Waals surface area (Å²) in [5, 5.41) is 5.67. The summed E-state index contributed by atoms with van der Waals surface area (Å²) in [6, 6.07) is 17.2. The van der Waals surface area contributed by atoms with Gasteiger partial charge in [0.15, 0.2) is 0 Å². The van der Waals surface area contributed by atoms with Gasteiger partial charge in [-0.2, -0.15) is 0 Å². The largest absolute Gasteiger partial charge is 0.491 e. The van der Waals surface area contributed by atoms with Gasteiger partial charge < -0.3 is 15.4 Å². The fourth-order valence-electron chi connectivity index (χ4n) is 1.96. The summed E-state index contributed by atoms with van der Waals surface area (Å²) in [6.45, 7) is 2.80. The SMILES string of the molecule is CC(NC(=O)NCCOc1ccccc1Br)c1ccccc1. The quantitative estimate of drug-likeness (QED) is 0.765. The number of nitrogens with one attached hydrogen (secondary N) is 2. The molecular weight excluding hydrogens is 344 g/mol. The molecule has 4 nitrogen and oxygen atoms in total. The van der Waals surface area contributed by atoms with E-state index in [9.17, 15) is 4.79 Å². The topological polar surface area (TPSA) is 50.4 Å². The van der Waals surface area contributed by atoms with Crippen LogP contribution in [0.25, 0.3) is 0 Å². The van der Waals surface area contributed by atoms with E-state index in [1.165, 1.54) is 0 Å². The number of ether oxygens (including phenoxy) is 1. The zero-order valence-electron chi connectivity index (χ0n) is 12.4. The predicted octanol–water partition coefficient (Wildman–Crippen LogP) is 3.89. The molecule has 1 atom stereocenters. The minimum absolute atomic E-state index is 0.0367. The van der Waals surface area contributed by atoms with Crippen LogP contribution in [0.4, 0.5) is 4.79 Å². The molecule has 0 saturated heterocycles. The molecule has 0 saturated carbocycles. The number of hydrogen-bond acceptors (Lipinski definition) is 2. The smallest absolute Gasteiger partial charge is 0.315 e. The second-order valence-corrected chi connectivity index (χ2v) is 5.67. The molecular formula is C17H19BrN2O2. The third kappa shape index (κ3) is 5.07.